The normalized spacial score (nSPS) is 19.6. The fraction of sp³-hybridized carbons (Fsp3) is 0.400. The average Bonchev–Trinajstić information content (AvgIpc) is 3.35. The quantitative estimate of drug-likeness (QED) is 0.689. The summed E-state index contributed by atoms with van der Waals surface area (Å²) in [4.78, 5) is 41.4. The number of nitrogens with one attached hydrogen (secondary N) is 1. The Morgan fingerprint density at radius 2 is 2.07 bits per heavy atom. The fourth-order valence-corrected chi connectivity index (χ4v) is 3.29. The van der Waals surface area contributed by atoms with Crippen LogP contribution in [-0.4, -0.2) is 57.6 Å². The van der Waals surface area contributed by atoms with E-state index in [1.807, 2.05) is 24.3 Å². The second-order valence-corrected chi connectivity index (χ2v) is 6.93. The van der Waals surface area contributed by atoms with Gasteiger partial charge in [0.2, 0.25) is 5.91 Å². The van der Waals surface area contributed by atoms with Gasteiger partial charge in [0, 0.05) is 32.0 Å². The zero-order valence-corrected chi connectivity index (χ0v) is 16.2. The molecule has 2 aromatic rings. The molecule has 0 bridgehead atoms. The minimum Gasteiger partial charge on any atom is -0.453 e. The molecule has 29 heavy (non-hydrogen) atoms. The van der Waals surface area contributed by atoms with Crippen molar-refractivity contribution >= 4 is 17.8 Å². The van der Waals surface area contributed by atoms with Crippen molar-refractivity contribution in [2.24, 2.45) is 0 Å². The Morgan fingerprint density at radius 1 is 1.34 bits per heavy atom. The SMILES string of the molecule is CC(=O)OC(C)C(=O)N1C[C@@H](O)C[C@H]1C(=O)NCc1ccc(-c2cnco2)cc1. The summed E-state index contributed by atoms with van der Waals surface area (Å²) < 4.78 is 10.1. The lowest BCUT2D eigenvalue weighted by Crippen LogP contribution is -2.49. The van der Waals surface area contributed by atoms with Gasteiger partial charge in [-0.25, -0.2) is 4.98 Å². The molecule has 9 heteroatoms. The summed E-state index contributed by atoms with van der Waals surface area (Å²) in [5.41, 5.74) is 1.74. The van der Waals surface area contributed by atoms with Gasteiger partial charge in [-0.05, 0) is 12.5 Å². The maximum Gasteiger partial charge on any atom is 0.303 e. The number of hydrogen-bond donors (Lipinski definition) is 2. The number of hydrogen-bond acceptors (Lipinski definition) is 7. The van der Waals surface area contributed by atoms with E-state index in [-0.39, 0.29) is 25.4 Å². The Hall–Kier alpha value is -3.20. The van der Waals surface area contributed by atoms with E-state index >= 15 is 0 Å². The van der Waals surface area contributed by atoms with E-state index < -0.39 is 30.1 Å². The molecule has 1 aliphatic heterocycles. The summed E-state index contributed by atoms with van der Waals surface area (Å²) in [6, 6.07) is 6.61. The van der Waals surface area contributed by atoms with Crippen LogP contribution in [0.1, 0.15) is 25.8 Å². The number of likely N-dealkylation sites (tertiary alicyclic amines) is 1. The van der Waals surface area contributed by atoms with Gasteiger partial charge in [0.25, 0.3) is 5.91 Å². The van der Waals surface area contributed by atoms with E-state index in [4.69, 9.17) is 9.15 Å². The second kappa shape index (κ2) is 8.87. The van der Waals surface area contributed by atoms with Gasteiger partial charge >= 0.3 is 5.97 Å². The highest BCUT2D eigenvalue weighted by atomic mass is 16.5. The van der Waals surface area contributed by atoms with Crippen LogP contribution in [0.2, 0.25) is 0 Å². The van der Waals surface area contributed by atoms with Gasteiger partial charge in [-0.3, -0.25) is 14.4 Å². The molecule has 1 saturated heterocycles. The molecule has 2 amide bonds. The lowest BCUT2D eigenvalue weighted by atomic mass is 10.1. The van der Waals surface area contributed by atoms with Crippen LogP contribution < -0.4 is 5.32 Å². The topological polar surface area (TPSA) is 122 Å². The largest absolute Gasteiger partial charge is 0.453 e. The molecule has 0 aliphatic carbocycles. The van der Waals surface area contributed by atoms with E-state index in [2.05, 4.69) is 10.3 Å². The molecule has 3 atom stereocenters. The van der Waals surface area contributed by atoms with Crippen molar-refractivity contribution in [1.82, 2.24) is 15.2 Å². The van der Waals surface area contributed by atoms with Crippen LogP contribution in [0, 0.1) is 0 Å². The third kappa shape index (κ3) is 5.00. The summed E-state index contributed by atoms with van der Waals surface area (Å²) in [7, 11) is 0. The van der Waals surface area contributed by atoms with Crippen molar-refractivity contribution in [1.29, 1.82) is 0 Å². The Balaban J connectivity index is 1.60. The molecular formula is C20H23N3O6. The molecule has 9 nitrogen and oxygen atoms in total. The number of rotatable bonds is 6. The van der Waals surface area contributed by atoms with E-state index in [0.717, 1.165) is 11.1 Å². The molecule has 1 aromatic carbocycles. The first kappa shape index (κ1) is 20.5. The standard InChI is InChI=1S/C20H23N3O6/c1-12(29-13(2)24)20(27)23-10-16(25)7-17(23)19(26)22-8-14-3-5-15(6-4-14)18-9-21-11-28-18/h3-6,9,11-12,16-17,25H,7-8,10H2,1-2H3,(H,22,26)/t12?,16-,17-/m0/s1. The van der Waals surface area contributed by atoms with E-state index in [1.165, 1.54) is 25.1 Å². The number of amides is 2. The van der Waals surface area contributed by atoms with Crippen molar-refractivity contribution in [3.63, 3.8) is 0 Å². The Morgan fingerprint density at radius 3 is 2.69 bits per heavy atom. The van der Waals surface area contributed by atoms with Crippen molar-refractivity contribution in [2.45, 2.75) is 45.1 Å². The number of β-amino-alcohol motifs (C(OH)–C–C–N with tert-alkyl or cyclic N) is 1. The van der Waals surface area contributed by atoms with Crippen molar-refractivity contribution < 1.29 is 28.6 Å². The zero-order valence-electron chi connectivity index (χ0n) is 16.2. The first-order valence-electron chi connectivity index (χ1n) is 9.26. The summed E-state index contributed by atoms with van der Waals surface area (Å²) in [6.07, 6.45) is 1.28. The molecule has 1 fully saturated rings. The van der Waals surface area contributed by atoms with Crippen LogP contribution in [-0.2, 0) is 25.7 Å². The smallest absolute Gasteiger partial charge is 0.303 e. The highest BCUT2D eigenvalue weighted by molar-refractivity contribution is 5.90. The second-order valence-electron chi connectivity index (χ2n) is 6.93. The molecule has 2 heterocycles. The number of esters is 1. The first-order valence-corrected chi connectivity index (χ1v) is 9.26. The summed E-state index contributed by atoms with van der Waals surface area (Å²) >= 11 is 0. The monoisotopic (exact) mass is 401 g/mol. The number of aliphatic hydroxyl groups is 1. The van der Waals surface area contributed by atoms with E-state index in [9.17, 15) is 19.5 Å². The highest BCUT2D eigenvalue weighted by Crippen LogP contribution is 2.21. The predicted molar refractivity (Wildman–Crippen MR) is 101 cm³/mol. The number of aromatic nitrogens is 1. The molecule has 0 radical (unpaired) electrons. The van der Waals surface area contributed by atoms with Gasteiger partial charge in [0.05, 0.1) is 12.3 Å². The minimum atomic E-state index is -1.02. The molecule has 1 unspecified atom stereocenters. The fourth-order valence-electron chi connectivity index (χ4n) is 3.29. The van der Waals surface area contributed by atoms with Crippen LogP contribution in [0.15, 0.2) is 41.3 Å². The molecule has 154 valence electrons. The Kier molecular flexibility index (Phi) is 6.28. The van der Waals surface area contributed by atoms with Gasteiger partial charge in [0.15, 0.2) is 18.3 Å². The predicted octanol–water partition coefficient (Wildman–Crippen LogP) is 0.871. The van der Waals surface area contributed by atoms with Crippen molar-refractivity contribution in [2.75, 3.05) is 6.54 Å². The Bertz CT molecular complexity index is 865. The average molecular weight is 401 g/mol. The third-order valence-electron chi connectivity index (χ3n) is 4.69. The van der Waals surface area contributed by atoms with Crippen LogP contribution >= 0.6 is 0 Å². The summed E-state index contributed by atoms with van der Waals surface area (Å²) in [6.45, 7) is 2.94. The number of ether oxygens (including phenoxy) is 1. The lowest BCUT2D eigenvalue weighted by Gasteiger charge is -2.26. The highest BCUT2D eigenvalue weighted by Gasteiger charge is 2.40. The molecule has 1 aromatic heterocycles. The third-order valence-corrected chi connectivity index (χ3v) is 4.69. The molecular weight excluding hydrogens is 378 g/mol. The van der Waals surface area contributed by atoms with Crippen molar-refractivity contribution in [3.8, 4) is 11.3 Å². The van der Waals surface area contributed by atoms with E-state index in [1.54, 1.807) is 6.20 Å². The number of aliphatic hydroxyl groups excluding tert-OH is 1. The number of benzene rings is 1. The zero-order chi connectivity index (χ0) is 21.0. The van der Waals surface area contributed by atoms with Crippen LogP contribution in [0.25, 0.3) is 11.3 Å². The van der Waals surface area contributed by atoms with Crippen LogP contribution in [0.4, 0.5) is 0 Å². The van der Waals surface area contributed by atoms with Gasteiger partial charge in [-0.2, -0.15) is 0 Å². The summed E-state index contributed by atoms with van der Waals surface area (Å²) in [5, 5.41) is 12.7. The molecule has 3 rings (SSSR count). The lowest BCUT2D eigenvalue weighted by molar-refractivity contribution is -0.158. The summed E-state index contributed by atoms with van der Waals surface area (Å²) in [5.74, 6) is -0.811. The number of nitrogens with zero attached hydrogens (tertiary/aromatic N) is 2. The number of carbonyl (C=O) groups excluding carboxylic acids is 3. The maximum atomic E-state index is 12.6. The molecule has 2 N–H and O–H groups in total. The molecule has 0 spiro atoms. The maximum absolute atomic E-state index is 12.6. The van der Waals surface area contributed by atoms with E-state index in [0.29, 0.717) is 5.76 Å². The minimum absolute atomic E-state index is 0.0222. The Labute approximate surface area is 167 Å². The molecule has 1 aliphatic rings. The van der Waals surface area contributed by atoms with Crippen LogP contribution in [0.5, 0.6) is 0 Å². The number of oxazole rings is 1. The van der Waals surface area contributed by atoms with Gasteiger partial charge in [-0.1, -0.05) is 24.3 Å². The van der Waals surface area contributed by atoms with Crippen molar-refractivity contribution in [3.05, 3.63) is 42.4 Å². The van der Waals surface area contributed by atoms with Gasteiger partial charge < -0.3 is 24.5 Å². The van der Waals surface area contributed by atoms with Crippen LogP contribution in [0.3, 0.4) is 0 Å². The number of carbonyl (C=O) groups is 3. The van der Waals surface area contributed by atoms with Gasteiger partial charge in [0.1, 0.15) is 6.04 Å². The van der Waals surface area contributed by atoms with Gasteiger partial charge in [-0.15, -0.1) is 0 Å². The first-order chi connectivity index (χ1) is 13.8. The molecule has 0 saturated carbocycles.